The highest BCUT2D eigenvalue weighted by molar-refractivity contribution is 5.82. The number of carboxylic acids is 1. The van der Waals surface area contributed by atoms with Crippen LogP contribution in [-0.4, -0.2) is 25.4 Å². The van der Waals surface area contributed by atoms with Crippen molar-refractivity contribution in [2.75, 3.05) is 0 Å². The molecule has 0 amide bonds. The Hall–Kier alpha value is -3.41. The number of carbonyl (C=O) groups is 1. The number of H-pyrrole nitrogens is 1. The number of hydrogen-bond donors (Lipinski definition) is 2. The SMILES string of the molecule is O=C(O)CCc1ccc2[nH]c(=O)c3cnc(-c4ccccc4)n3c2c1. The van der Waals surface area contributed by atoms with Gasteiger partial charge in [-0.2, -0.15) is 0 Å². The Labute approximate surface area is 142 Å². The molecule has 2 heterocycles. The fourth-order valence-corrected chi connectivity index (χ4v) is 3.01. The van der Waals surface area contributed by atoms with Gasteiger partial charge in [-0.25, -0.2) is 4.98 Å². The van der Waals surface area contributed by atoms with Crippen LogP contribution in [0.2, 0.25) is 0 Å². The van der Waals surface area contributed by atoms with Crippen LogP contribution in [0, 0.1) is 0 Å². The third-order valence-corrected chi connectivity index (χ3v) is 4.21. The summed E-state index contributed by atoms with van der Waals surface area (Å²) in [6.07, 6.45) is 2.05. The van der Waals surface area contributed by atoms with E-state index >= 15 is 0 Å². The number of imidazole rings is 1. The van der Waals surface area contributed by atoms with Gasteiger partial charge < -0.3 is 10.1 Å². The predicted octanol–water partition coefficient (Wildman–Crippen LogP) is 2.86. The van der Waals surface area contributed by atoms with E-state index in [9.17, 15) is 9.59 Å². The maximum atomic E-state index is 12.3. The lowest BCUT2D eigenvalue weighted by Crippen LogP contribution is -2.10. The summed E-state index contributed by atoms with van der Waals surface area (Å²) >= 11 is 0. The molecule has 124 valence electrons. The van der Waals surface area contributed by atoms with Crippen LogP contribution < -0.4 is 5.56 Å². The van der Waals surface area contributed by atoms with Crippen LogP contribution in [0.1, 0.15) is 12.0 Å². The second-order valence-electron chi connectivity index (χ2n) is 5.87. The lowest BCUT2D eigenvalue weighted by atomic mass is 10.1. The van der Waals surface area contributed by atoms with E-state index in [2.05, 4.69) is 9.97 Å². The largest absolute Gasteiger partial charge is 0.481 e. The Morgan fingerprint density at radius 3 is 2.68 bits per heavy atom. The summed E-state index contributed by atoms with van der Waals surface area (Å²) < 4.78 is 1.83. The number of nitrogens with zero attached hydrogens (tertiary/aromatic N) is 2. The van der Waals surface area contributed by atoms with Gasteiger partial charge in [0.15, 0.2) is 0 Å². The third kappa shape index (κ3) is 2.67. The quantitative estimate of drug-likeness (QED) is 0.601. The van der Waals surface area contributed by atoms with E-state index in [0.717, 1.165) is 16.6 Å². The molecule has 0 saturated heterocycles. The molecule has 0 aliphatic rings. The first-order chi connectivity index (χ1) is 12.1. The Kier molecular flexibility index (Phi) is 3.57. The number of benzene rings is 2. The van der Waals surface area contributed by atoms with E-state index in [4.69, 9.17) is 5.11 Å². The van der Waals surface area contributed by atoms with Gasteiger partial charge >= 0.3 is 5.97 Å². The number of aryl methyl sites for hydroxylation is 1. The first-order valence-electron chi connectivity index (χ1n) is 7.93. The maximum Gasteiger partial charge on any atom is 0.303 e. The molecule has 0 radical (unpaired) electrons. The number of hydrogen-bond acceptors (Lipinski definition) is 3. The molecule has 6 heteroatoms. The number of fused-ring (bicyclic) bond motifs is 3. The lowest BCUT2D eigenvalue weighted by molar-refractivity contribution is -0.136. The van der Waals surface area contributed by atoms with Crippen molar-refractivity contribution in [3.05, 3.63) is 70.6 Å². The summed E-state index contributed by atoms with van der Waals surface area (Å²) in [7, 11) is 0. The number of nitrogens with one attached hydrogen (secondary N) is 1. The van der Waals surface area contributed by atoms with Crippen LogP contribution in [0.15, 0.2) is 59.5 Å². The van der Waals surface area contributed by atoms with Crippen molar-refractivity contribution in [3.8, 4) is 11.4 Å². The Morgan fingerprint density at radius 1 is 1.12 bits per heavy atom. The van der Waals surface area contributed by atoms with Crippen LogP contribution in [0.3, 0.4) is 0 Å². The van der Waals surface area contributed by atoms with Gasteiger partial charge in [0.05, 0.1) is 17.2 Å². The average molecular weight is 333 g/mol. The van der Waals surface area contributed by atoms with Crippen molar-refractivity contribution in [1.82, 2.24) is 14.4 Å². The van der Waals surface area contributed by atoms with Crippen LogP contribution in [0.4, 0.5) is 0 Å². The Morgan fingerprint density at radius 2 is 1.92 bits per heavy atom. The van der Waals surface area contributed by atoms with Crippen molar-refractivity contribution in [2.24, 2.45) is 0 Å². The zero-order valence-electron chi connectivity index (χ0n) is 13.3. The Bertz CT molecular complexity index is 1140. The molecule has 0 saturated carbocycles. The molecule has 4 rings (SSSR count). The van der Waals surface area contributed by atoms with E-state index in [1.54, 1.807) is 6.20 Å². The number of carboxylic acid groups (broad SMARTS) is 1. The minimum Gasteiger partial charge on any atom is -0.481 e. The first-order valence-corrected chi connectivity index (χ1v) is 7.93. The second kappa shape index (κ2) is 5.90. The van der Waals surface area contributed by atoms with Gasteiger partial charge in [0, 0.05) is 12.0 Å². The van der Waals surface area contributed by atoms with E-state index in [1.807, 2.05) is 52.9 Å². The molecule has 2 N–H and O–H groups in total. The minimum absolute atomic E-state index is 0.0630. The molecular formula is C19H15N3O3. The zero-order chi connectivity index (χ0) is 17.4. The normalized spacial score (nSPS) is 11.2. The van der Waals surface area contributed by atoms with E-state index < -0.39 is 5.97 Å². The van der Waals surface area contributed by atoms with Gasteiger partial charge in [-0.3, -0.25) is 14.0 Å². The first kappa shape index (κ1) is 15.1. The predicted molar refractivity (Wildman–Crippen MR) is 94.7 cm³/mol. The molecule has 4 aromatic rings. The van der Waals surface area contributed by atoms with Gasteiger partial charge in [0.1, 0.15) is 11.3 Å². The highest BCUT2D eigenvalue weighted by Crippen LogP contribution is 2.23. The highest BCUT2D eigenvalue weighted by atomic mass is 16.4. The van der Waals surface area contributed by atoms with Crippen LogP contribution in [0.5, 0.6) is 0 Å². The summed E-state index contributed by atoms with van der Waals surface area (Å²) in [5.74, 6) is -0.151. The molecule has 2 aromatic heterocycles. The summed E-state index contributed by atoms with van der Waals surface area (Å²) in [5, 5.41) is 8.89. The zero-order valence-corrected chi connectivity index (χ0v) is 13.3. The van der Waals surface area contributed by atoms with Gasteiger partial charge in [0.25, 0.3) is 5.56 Å². The van der Waals surface area contributed by atoms with Gasteiger partial charge in [-0.15, -0.1) is 0 Å². The molecular weight excluding hydrogens is 318 g/mol. The molecule has 0 atom stereocenters. The standard InChI is InChI=1S/C19H15N3O3/c23-17(24)9-7-12-6-8-14-15(10-12)22-16(19(25)21-14)11-20-18(22)13-4-2-1-3-5-13/h1-6,8,10-11H,7,9H2,(H,21,25)(H,23,24). The molecule has 0 unspecified atom stereocenters. The summed E-state index contributed by atoms with van der Waals surface area (Å²) in [4.78, 5) is 30.5. The molecule has 2 aromatic carbocycles. The fraction of sp³-hybridized carbons (Fsp3) is 0.105. The van der Waals surface area contributed by atoms with Gasteiger partial charge in [-0.1, -0.05) is 36.4 Å². The van der Waals surface area contributed by atoms with Crippen molar-refractivity contribution >= 4 is 22.5 Å². The van der Waals surface area contributed by atoms with Crippen molar-refractivity contribution in [2.45, 2.75) is 12.8 Å². The summed E-state index contributed by atoms with van der Waals surface area (Å²) in [5.41, 5.74) is 3.55. The molecule has 0 spiro atoms. The maximum absolute atomic E-state index is 12.3. The van der Waals surface area contributed by atoms with E-state index in [1.165, 1.54) is 0 Å². The van der Waals surface area contributed by atoms with Gasteiger partial charge in [0.2, 0.25) is 0 Å². The topological polar surface area (TPSA) is 87.5 Å². The smallest absolute Gasteiger partial charge is 0.303 e. The fourth-order valence-electron chi connectivity index (χ4n) is 3.01. The lowest BCUT2D eigenvalue weighted by Gasteiger charge is -2.08. The van der Waals surface area contributed by atoms with Crippen LogP contribution in [-0.2, 0) is 11.2 Å². The molecule has 0 bridgehead atoms. The number of aliphatic carboxylic acids is 1. The van der Waals surface area contributed by atoms with Gasteiger partial charge in [-0.05, 0) is 24.1 Å². The minimum atomic E-state index is -0.834. The third-order valence-electron chi connectivity index (χ3n) is 4.21. The molecule has 0 aliphatic carbocycles. The summed E-state index contributed by atoms with van der Waals surface area (Å²) in [6.45, 7) is 0. The van der Waals surface area contributed by atoms with E-state index in [-0.39, 0.29) is 12.0 Å². The van der Waals surface area contributed by atoms with Crippen molar-refractivity contribution < 1.29 is 9.90 Å². The van der Waals surface area contributed by atoms with Crippen LogP contribution in [0.25, 0.3) is 27.9 Å². The molecule has 0 aliphatic heterocycles. The number of aromatic amines is 1. The molecule has 0 fully saturated rings. The van der Waals surface area contributed by atoms with E-state index in [0.29, 0.717) is 23.3 Å². The second-order valence-corrected chi connectivity index (χ2v) is 5.87. The Balaban J connectivity index is 1.99. The average Bonchev–Trinajstić information content (AvgIpc) is 3.07. The monoisotopic (exact) mass is 333 g/mol. The number of rotatable bonds is 4. The van der Waals surface area contributed by atoms with Crippen molar-refractivity contribution in [1.29, 1.82) is 0 Å². The molecule has 6 nitrogen and oxygen atoms in total. The number of aromatic nitrogens is 3. The summed E-state index contributed by atoms with van der Waals surface area (Å²) in [6, 6.07) is 15.2. The van der Waals surface area contributed by atoms with Crippen molar-refractivity contribution in [3.63, 3.8) is 0 Å². The highest BCUT2D eigenvalue weighted by Gasteiger charge is 2.13. The molecule has 25 heavy (non-hydrogen) atoms. The van der Waals surface area contributed by atoms with Crippen LogP contribution >= 0.6 is 0 Å².